The highest BCUT2D eigenvalue weighted by molar-refractivity contribution is 5.95. The molecule has 0 aliphatic carbocycles. The van der Waals surface area contributed by atoms with Crippen molar-refractivity contribution in [1.29, 1.82) is 0 Å². The van der Waals surface area contributed by atoms with Crippen molar-refractivity contribution in [3.05, 3.63) is 65.7 Å². The van der Waals surface area contributed by atoms with Gasteiger partial charge in [0.1, 0.15) is 5.75 Å². The number of hydrogen-bond donors (Lipinski definition) is 1. The summed E-state index contributed by atoms with van der Waals surface area (Å²) in [6.07, 6.45) is 3.91. The van der Waals surface area contributed by atoms with E-state index in [1.165, 1.54) is 6.08 Å². The van der Waals surface area contributed by atoms with Crippen molar-refractivity contribution in [3.8, 4) is 5.75 Å². The molecule has 0 radical (unpaired) electrons. The van der Waals surface area contributed by atoms with Crippen LogP contribution in [0.3, 0.4) is 0 Å². The van der Waals surface area contributed by atoms with E-state index in [4.69, 9.17) is 9.47 Å². The lowest BCUT2D eigenvalue weighted by Crippen LogP contribution is -2.21. The Morgan fingerprint density at radius 1 is 1.07 bits per heavy atom. The Morgan fingerprint density at radius 2 is 1.79 bits per heavy atom. The van der Waals surface area contributed by atoms with Gasteiger partial charge in [0.2, 0.25) is 0 Å². The number of amides is 1. The van der Waals surface area contributed by atoms with Crippen molar-refractivity contribution in [2.45, 2.75) is 33.1 Å². The predicted octanol–water partition coefficient (Wildman–Crippen LogP) is 4.79. The molecular formula is C23H27NO4. The first-order valence-corrected chi connectivity index (χ1v) is 9.50. The number of carbonyl (C=O) groups is 2. The molecule has 0 aliphatic heterocycles. The molecule has 5 heteroatoms. The van der Waals surface area contributed by atoms with Crippen molar-refractivity contribution in [2.75, 3.05) is 18.5 Å². The summed E-state index contributed by atoms with van der Waals surface area (Å²) in [7, 11) is 0. The van der Waals surface area contributed by atoms with E-state index in [0.29, 0.717) is 12.5 Å². The average molecular weight is 381 g/mol. The third-order valence-corrected chi connectivity index (χ3v) is 4.33. The van der Waals surface area contributed by atoms with Gasteiger partial charge in [0.25, 0.3) is 5.91 Å². The van der Waals surface area contributed by atoms with Gasteiger partial charge >= 0.3 is 5.97 Å². The summed E-state index contributed by atoms with van der Waals surface area (Å²) < 4.78 is 10.4. The molecule has 28 heavy (non-hydrogen) atoms. The van der Waals surface area contributed by atoms with Gasteiger partial charge in [-0.15, -0.1) is 0 Å². The van der Waals surface area contributed by atoms with Gasteiger partial charge in [0.05, 0.1) is 6.61 Å². The highest BCUT2D eigenvalue weighted by Crippen LogP contribution is 2.26. The summed E-state index contributed by atoms with van der Waals surface area (Å²) in [5.41, 5.74) is 2.66. The van der Waals surface area contributed by atoms with Crippen molar-refractivity contribution < 1.29 is 19.1 Å². The zero-order chi connectivity index (χ0) is 20.4. The summed E-state index contributed by atoms with van der Waals surface area (Å²) in [5, 5.41) is 2.82. The maximum absolute atomic E-state index is 12.1. The summed E-state index contributed by atoms with van der Waals surface area (Å²) in [6.45, 7) is 6.40. The number of ether oxygens (including phenoxy) is 2. The highest BCUT2D eigenvalue weighted by Gasteiger charge is 2.12. The average Bonchev–Trinajstić information content (AvgIpc) is 2.72. The van der Waals surface area contributed by atoms with Crippen LogP contribution in [0.5, 0.6) is 5.75 Å². The molecule has 0 aliphatic rings. The second-order valence-corrected chi connectivity index (χ2v) is 6.39. The zero-order valence-corrected chi connectivity index (χ0v) is 16.6. The number of esters is 1. The quantitative estimate of drug-likeness (QED) is 0.501. The molecule has 1 atom stereocenters. The lowest BCUT2D eigenvalue weighted by atomic mass is 9.97. The van der Waals surface area contributed by atoms with E-state index >= 15 is 0 Å². The molecule has 5 nitrogen and oxygen atoms in total. The molecule has 0 aromatic heterocycles. The summed E-state index contributed by atoms with van der Waals surface area (Å²) in [5.74, 6) is 0.172. The number of para-hydroxylation sites is 1. The molecule has 0 bridgehead atoms. The number of carbonyl (C=O) groups excluding carboxylic acids is 2. The van der Waals surface area contributed by atoms with E-state index in [0.717, 1.165) is 29.0 Å². The van der Waals surface area contributed by atoms with Crippen LogP contribution in [-0.2, 0) is 14.3 Å². The van der Waals surface area contributed by atoms with E-state index < -0.39 is 5.97 Å². The molecule has 0 unspecified atom stereocenters. The number of rotatable bonds is 9. The van der Waals surface area contributed by atoms with Crippen molar-refractivity contribution in [3.63, 3.8) is 0 Å². The first-order chi connectivity index (χ1) is 13.5. The van der Waals surface area contributed by atoms with Gasteiger partial charge in [-0.1, -0.05) is 44.2 Å². The first kappa shape index (κ1) is 21.2. The summed E-state index contributed by atoms with van der Waals surface area (Å²) in [4.78, 5) is 24.0. The highest BCUT2D eigenvalue weighted by atomic mass is 16.5. The standard InChI is InChI=1S/C23H27NO4/c1-4-17(3)20-8-6-7-9-21(20)24-22(25)16-28-23(26)15-12-18-10-13-19(14-11-18)27-5-2/h6-15,17H,4-5,16H2,1-3H3,(H,24,25)/b15-12+/t17-/m0/s1. The van der Waals surface area contributed by atoms with Crippen LogP contribution in [0.15, 0.2) is 54.6 Å². The van der Waals surface area contributed by atoms with Crippen molar-refractivity contribution >= 4 is 23.6 Å². The Balaban J connectivity index is 1.85. The smallest absolute Gasteiger partial charge is 0.331 e. The Kier molecular flexibility index (Phi) is 8.28. The van der Waals surface area contributed by atoms with Crippen LogP contribution in [0.4, 0.5) is 5.69 Å². The van der Waals surface area contributed by atoms with Gasteiger partial charge in [0, 0.05) is 11.8 Å². The topological polar surface area (TPSA) is 64.6 Å². The Bertz CT molecular complexity index is 812. The third kappa shape index (κ3) is 6.58. The van der Waals surface area contributed by atoms with Crippen LogP contribution in [0.1, 0.15) is 44.2 Å². The van der Waals surface area contributed by atoms with Crippen LogP contribution in [-0.4, -0.2) is 25.1 Å². The molecule has 0 saturated heterocycles. The lowest BCUT2D eigenvalue weighted by Gasteiger charge is -2.15. The SMILES string of the molecule is CCOc1ccc(/C=C/C(=O)OCC(=O)Nc2ccccc2[C@@H](C)CC)cc1. The minimum Gasteiger partial charge on any atom is -0.494 e. The van der Waals surface area contributed by atoms with E-state index in [1.54, 1.807) is 6.08 Å². The van der Waals surface area contributed by atoms with Crippen LogP contribution < -0.4 is 10.1 Å². The molecular weight excluding hydrogens is 354 g/mol. The fourth-order valence-corrected chi connectivity index (χ4v) is 2.64. The maximum atomic E-state index is 12.1. The number of nitrogens with one attached hydrogen (secondary N) is 1. The second-order valence-electron chi connectivity index (χ2n) is 6.39. The number of benzene rings is 2. The molecule has 148 valence electrons. The Hall–Kier alpha value is -3.08. The van der Waals surface area contributed by atoms with Crippen molar-refractivity contribution in [2.24, 2.45) is 0 Å². The van der Waals surface area contributed by atoms with Crippen molar-refractivity contribution in [1.82, 2.24) is 0 Å². The predicted molar refractivity (Wildman–Crippen MR) is 111 cm³/mol. The molecule has 1 N–H and O–H groups in total. The van der Waals surface area contributed by atoms with Gasteiger partial charge < -0.3 is 14.8 Å². The lowest BCUT2D eigenvalue weighted by molar-refractivity contribution is -0.142. The van der Waals surface area contributed by atoms with Crippen LogP contribution in [0.25, 0.3) is 6.08 Å². The molecule has 1 amide bonds. The molecule has 0 saturated carbocycles. The summed E-state index contributed by atoms with van der Waals surface area (Å²) >= 11 is 0. The van der Waals surface area contributed by atoms with Crippen LogP contribution in [0, 0.1) is 0 Å². The minimum atomic E-state index is -0.570. The van der Waals surface area contributed by atoms with E-state index in [2.05, 4.69) is 19.2 Å². The molecule has 0 heterocycles. The fraction of sp³-hybridized carbons (Fsp3) is 0.304. The number of anilines is 1. The molecule has 0 spiro atoms. The van der Waals surface area contributed by atoms with Crippen LogP contribution in [0.2, 0.25) is 0 Å². The van der Waals surface area contributed by atoms with Crippen LogP contribution >= 0.6 is 0 Å². The first-order valence-electron chi connectivity index (χ1n) is 9.50. The Labute approximate surface area is 166 Å². The van der Waals surface area contributed by atoms with E-state index in [-0.39, 0.29) is 12.5 Å². The van der Waals surface area contributed by atoms with Gasteiger partial charge in [-0.3, -0.25) is 4.79 Å². The summed E-state index contributed by atoms with van der Waals surface area (Å²) in [6, 6.07) is 15.0. The molecule has 2 aromatic rings. The molecule has 0 fully saturated rings. The molecule has 2 aromatic carbocycles. The normalized spacial score (nSPS) is 11.8. The molecule has 2 rings (SSSR count). The maximum Gasteiger partial charge on any atom is 0.331 e. The van der Waals surface area contributed by atoms with Gasteiger partial charge in [0.15, 0.2) is 6.61 Å². The van der Waals surface area contributed by atoms with E-state index in [1.807, 2.05) is 55.5 Å². The van der Waals surface area contributed by atoms with Gasteiger partial charge in [-0.25, -0.2) is 4.79 Å². The fourth-order valence-electron chi connectivity index (χ4n) is 2.64. The Morgan fingerprint density at radius 3 is 2.46 bits per heavy atom. The number of hydrogen-bond acceptors (Lipinski definition) is 4. The van der Waals surface area contributed by atoms with Gasteiger partial charge in [-0.05, 0) is 54.7 Å². The van der Waals surface area contributed by atoms with Gasteiger partial charge in [-0.2, -0.15) is 0 Å². The zero-order valence-electron chi connectivity index (χ0n) is 16.6. The minimum absolute atomic E-state index is 0.330. The monoisotopic (exact) mass is 381 g/mol. The largest absolute Gasteiger partial charge is 0.494 e. The second kappa shape index (κ2) is 10.9. The third-order valence-electron chi connectivity index (χ3n) is 4.33. The van der Waals surface area contributed by atoms with E-state index in [9.17, 15) is 9.59 Å².